The highest BCUT2D eigenvalue weighted by Gasteiger charge is 2.21. The van der Waals surface area contributed by atoms with Crippen LogP contribution in [0, 0.1) is 11.6 Å². The van der Waals surface area contributed by atoms with Gasteiger partial charge in [-0.05, 0) is 6.07 Å². The van der Waals surface area contributed by atoms with Gasteiger partial charge in [0.2, 0.25) is 5.91 Å². The number of nitrogens with one attached hydrogen (secondary N) is 1. The third-order valence-corrected chi connectivity index (χ3v) is 2.54. The SMILES string of the molecule is C=CCOCC(NC(=O)Cc1cccc(F)c1F)C(=O)O. The molecule has 0 aromatic heterocycles. The van der Waals surface area contributed by atoms with E-state index >= 15 is 0 Å². The lowest BCUT2D eigenvalue weighted by molar-refractivity contribution is -0.143. The Morgan fingerprint density at radius 1 is 1.43 bits per heavy atom. The summed E-state index contributed by atoms with van der Waals surface area (Å²) in [5.74, 6) is -4.21. The summed E-state index contributed by atoms with van der Waals surface area (Å²) in [5.41, 5.74) is -0.149. The molecule has 5 nitrogen and oxygen atoms in total. The van der Waals surface area contributed by atoms with Gasteiger partial charge < -0.3 is 15.2 Å². The van der Waals surface area contributed by atoms with E-state index in [9.17, 15) is 18.4 Å². The second-order valence-corrected chi connectivity index (χ2v) is 4.17. The highest BCUT2D eigenvalue weighted by atomic mass is 19.2. The molecule has 1 unspecified atom stereocenters. The quantitative estimate of drug-likeness (QED) is 0.560. The van der Waals surface area contributed by atoms with Crippen LogP contribution in [0.4, 0.5) is 8.78 Å². The van der Waals surface area contributed by atoms with Crippen LogP contribution in [0.15, 0.2) is 30.9 Å². The van der Waals surface area contributed by atoms with Crippen LogP contribution in [-0.2, 0) is 20.7 Å². The number of aliphatic carboxylic acids is 1. The molecule has 0 fully saturated rings. The van der Waals surface area contributed by atoms with Gasteiger partial charge in [-0.2, -0.15) is 0 Å². The lowest BCUT2D eigenvalue weighted by atomic mass is 10.1. The minimum absolute atomic E-state index is 0.137. The van der Waals surface area contributed by atoms with Gasteiger partial charge in [-0.25, -0.2) is 13.6 Å². The molecule has 1 rings (SSSR count). The molecule has 1 atom stereocenters. The van der Waals surface area contributed by atoms with E-state index in [0.717, 1.165) is 6.07 Å². The lowest BCUT2D eigenvalue weighted by Crippen LogP contribution is -2.44. The van der Waals surface area contributed by atoms with Gasteiger partial charge in [0.05, 0.1) is 19.6 Å². The molecule has 7 heteroatoms. The van der Waals surface area contributed by atoms with E-state index in [1.54, 1.807) is 0 Å². The van der Waals surface area contributed by atoms with Crippen LogP contribution in [0.25, 0.3) is 0 Å². The van der Waals surface area contributed by atoms with E-state index in [-0.39, 0.29) is 18.8 Å². The van der Waals surface area contributed by atoms with Crippen molar-refractivity contribution in [2.75, 3.05) is 13.2 Å². The third-order valence-electron chi connectivity index (χ3n) is 2.54. The number of carbonyl (C=O) groups excluding carboxylic acids is 1. The topological polar surface area (TPSA) is 75.6 Å². The van der Waals surface area contributed by atoms with E-state index in [4.69, 9.17) is 9.84 Å². The fraction of sp³-hybridized carbons (Fsp3) is 0.286. The Balaban J connectivity index is 2.63. The number of ether oxygens (including phenoxy) is 1. The zero-order valence-electron chi connectivity index (χ0n) is 11.1. The minimum atomic E-state index is -1.29. The van der Waals surface area contributed by atoms with Gasteiger partial charge in [-0.1, -0.05) is 18.2 Å². The molecule has 0 spiro atoms. The Hall–Kier alpha value is -2.28. The first-order chi connectivity index (χ1) is 9.95. The van der Waals surface area contributed by atoms with Gasteiger partial charge in [-0.15, -0.1) is 6.58 Å². The number of benzene rings is 1. The Morgan fingerprint density at radius 3 is 2.76 bits per heavy atom. The summed E-state index contributed by atoms with van der Waals surface area (Å²) in [4.78, 5) is 22.6. The van der Waals surface area contributed by atoms with Crippen molar-refractivity contribution in [3.63, 3.8) is 0 Å². The van der Waals surface area contributed by atoms with Crippen molar-refractivity contribution in [3.8, 4) is 0 Å². The maximum atomic E-state index is 13.4. The van der Waals surface area contributed by atoms with E-state index in [0.29, 0.717) is 0 Å². The number of rotatable bonds is 8. The second-order valence-electron chi connectivity index (χ2n) is 4.17. The largest absolute Gasteiger partial charge is 0.480 e. The number of carboxylic acid groups (broad SMARTS) is 1. The van der Waals surface area contributed by atoms with Crippen molar-refractivity contribution < 1.29 is 28.2 Å². The van der Waals surface area contributed by atoms with Crippen LogP contribution in [0.2, 0.25) is 0 Å². The molecule has 0 heterocycles. The second kappa shape index (κ2) is 8.11. The summed E-state index contributed by atoms with van der Waals surface area (Å²) < 4.78 is 31.3. The van der Waals surface area contributed by atoms with Gasteiger partial charge in [-0.3, -0.25) is 4.79 Å². The number of amides is 1. The molecule has 0 bridgehead atoms. The number of carboxylic acids is 1. The first-order valence-electron chi connectivity index (χ1n) is 6.09. The third kappa shape index (κ3) is 5.31. The molecule has 0 aliphatic rings. The van der Waals surface area contributed by atoms with Crippen molar-refractivity contribution >= 4 is 11.9 Å². The minimum Gasteiger partial charge on any atom is -0.480 e. The standard InChI is InChI=1S/C14H15F2NO4/c1-2-6-21-8-11(14(19)20)17-12(18)7-9-4-3-5-10(15)13(9)16/h2-5,11H,1,6-8H2,(H,17,18)(H,19,20). The molecular formula is C14H15F2NO4. The van der Waals surface area contributed by atoms with Crippen LogP contribution < -0.4 is 5.32 Å². The van der Waals surface area contributed by atoms with Crippen molar-refractivity contribution in [1.29, 1.82) is 0 Å². The molecule has 0 radical (unpaired) electrons. The molecule has 0 aliphatic heterocycles. The van der Waals surface area contributed by atoms with Gasteiger partial charge in [0, 0.05) is 5.56 Å². The van der Waals surface area contributed by atoms with Crippen LogP contribution in [0.1, 0.15) is 5.56 Å². The lowest BCUT2D eigenvalue weighted by Gasteiger charge is -2.14. The molecular weight excluding hydrogens is 284 g/mol. The van der Waals surface area contributed by atoms with Gasteiger partial charge in [0.25, 0.3) is 0 Å². The molecule has 2 N–H and O–H groups in total. The highest BCUT2D eigenvalue weighted by Crippen LogP contribution is 2.11. The Labute approximate surface area is 120 Å². The molecule has 0 saturated heterocycles. The smallest absolute Gasteiger partial charge is 0.328 e. The molecule has 1 aromatic carbocycles. The van der Waals surface area contributed by atoms with Crippen LogP contribution in [-0.4, -0.2) is 36.2 Å². The zero-order valence-corrected chi connectivity index (χ0v) is 11.1. The maximum absolute atomic E-state index is 13.4. The van der Waals surface area contributed by atoms with Crippen molar-refractivity contribution in [2.45, 2.75) is 12.5 Å². The average Bonchev–Trinajstić information content (AvgIpc) is 2.43. The number of hydrogen-bond acceptors (Lipinski definition) is 3. The van der Waals surface area contributed by atoms with E-state index in [2.05, 4.69) is 11.9 Å². The van der Waals surface area contributed by atoms with Gasteiger partial charge >= 0.3 is 5.97 Å². The fourth-order valence-electron chi connectivity index (χ4n) is 1.55. The maximum Gasteiger partial charge on any atom is 0.328 e. The molecule has 0 aliphatic carbocycles. The van der Waals surface area contributed by atoms with Crippen LogP contribution in [0.5, 0.6) is 0 Å². The normalized spacial score (nSPS) is 11.7. The molecule has 21 heavy (non-hydrogen) atoms. The zero-order chi connectivity index (χ0) is 15.8. The first-order valence-corrected chi connectivity index (χ1v) is 6.09. The van der Waals surface area contributed by atoms with E-state index in [1.165, 1.54) is 18.2 Å². The summed E-state index contributed by atoms with van der Waals surface area (Å²) in [5, 5.41) is 11.1. The molecule has 114 valence electrons. The predicted octanol–water partition coefficient (Wildman–Crippen LogP) is 1.28. The number of carbonyl (C=O) groups is 2. The molecule has 1 aromatic rings. The summed E-state index contributed by atoms with van der Waals surface area (Å²) in [7, 11) is 0. The fourth-order valence-corrected chi connectivity index (χ4v) is 1.55. The van der Waals surface area contributed by atoms with Gasteiger partial charge in [0.1, 0.15) is 0 Å². The van der Waals surface area contributed by atoms with Crippen molar-refractivity contribution in [1.82, 2.24) is 5.32 Å². The Morgan fingerprint density at radius 2 is 2.14 bits per heavy atom. The van der Waals surface area contributed by atoms with Gasteiger partial charge in [0.15, 0.2) is 17.7 Å². The molecule has 0 saturated carbocycles. The van der Waals surface area contributed by atoms with E-state index in [1.807, 2.05) is 0 Å². The molecule has 1 amide bonds. The Kier molecular flexibility index (Phi) is 6.48. The average molecular weight is 299 g/mol. The van der Waals surface area contributed by atoms with Crippen LogP contribution >= 0.6 is 0 Å². The summed E-state index contributed by atoms with van der Waals surface area (Å²) in [6, 6.07) is 2.18. The predicted molar refractivity (Wildman–Crippen MR) is 70.6 cm³/mol. The monoisotopic (exact) mass is 299 g/mol. The number of halogens is 2. The van der Waals surface area contributed by atoms with E-state index < -0.39 is 36.0 Å². The number of hydrogen-bond donors (Lipinski definition) is 2. The van der Waals surface area contributed by atoms with Crippen LogP contribution in [0.3, 0.4) is 0 Å². The summed E-state index contributed by atoms with van der Waals surface area (Å²) >= 11 is 0. The van der Waals surface area contributed by atoms with Crippen molar-refractivity contribution in [2.24, 2.45) is 0 Å². The first kappa shape index (κ1) is 16.8. The Bertz CT molecular complexity index is 534. The van der Waals surface area contributed by atoms with Crippen molar-refractivity contribution in [3.05, 3.63) is 48.1 Å². The summed E-state index contributed by atoms with van der Waals surface area (Å²) in [6.07, 6.45) is 0.970. The highest BCUT2D eigenvalue weighted by molar-refractivity contribution is 5.84. The summed E-state index contributed by atoms with van der Waals surface area (Å²) in [6.45, 7) is 3.29.